The third-order valence-corrected chi connectivity index (χ3v) is 2.88. The summed E-state index contributed by atoms with van der Waals surface area (Å²) in [5.41, 5.74) is 0.869. The number of aliphatic carboxylic acids is 1. The number of carboxylic acid groups (broad SMARTS) is 1. The summed E-state index contributed by atoms with van der Waals surface area (Å²) in [7, 11) is 0. The third-order valence-electron chi connectivity index (χ3n) is 2.88. The van der Waals surface area contributed by atoms with Crippen molar-refractivity contribution in [3.05, 3.63) is 60.4 Å². The molecule has 1 aromatic heterocycles. The average Bonchev–Trinajstić information content (AvgIpc) is 2.97. The molecule has 0 spiro atoms. The van der Waals surface area contributed by atoms with Crippen molar-refractivity contribution in [2.24, 2.45) is 0 Å². The Morgan fingerprint density at radius 2 is 1.75 bits per heavy atom. The number of ether oxygens (including phenoxy) is 1. The van der Waals surface area contributed by atoms with Crippen molar-refractivity contribution in [1.29, 1.82) is 0 Å². The SMILES string of the molecule is O=C(CC(C(=O)O)n1cccc1)OCc1ccccc1. The topological polar surface area (TPSA) is 68.5 Å². The molecule has 5 nitrogen and oxygen atoms in total. The van der Waals surface area contributed by atoms with Crippen LogP contribution in [0.2, 0.25) is 0 Å². The highest BCUT2D eigenvalue weighted by Crippen LogP contribution is 2.14. The Balaban J connectivity index is 1.91. The second-order valence-electron chi connectivity index (χ2n) is 4.33. The molecule has 5 heteroatoms. The summed E-state index contributed by atoms with van der Waals surface area (Å²) in [5, 5.41) is 9.15. The third kappa shape index (κ3) is 3.71. The van der Waals surface area contributed by atoms with Crippen molar-refractivity contribution in [1.82, 2.24) is 4.57 Å². The zero-order chi connectivity index (χ0) is 14.4. The number of hydrogen-bond acceptors (Lipinski definition) is 3. The van der Waals surface area contributed by atoms with E-state index in [-0.39, 0.29) is 13.0 Å². The molecule has 1 atom stereocenters. The molecule has 2 rings (SSSR count). The van der Waals surface area contributed by atoms with E-state index in [1.54, 1.807) is 24.5 Å². The van der Waals surface area contributed by atoms with Gasteiger partial charge in [-0.25, -0.2) is 4.79 Å². The van der Waals surface area contributed by atoms with E-state index in [9.17, 15) is 9.59 Å². The van der Waals surface area contributed by atoms with Crippen molar-refractivity contribution >= 4 is 11.9 Å². The van der Waals surface area contributed by atoms with Gasteiger partial charge in [-0.2, -0.15) is 0 Å². The largest absolute Gasteiger partial charge is 0.480 e. The zero-order valence-electron chi connectivity index (χ0n) is 10.8. The van der Waals surface area contributed by atoms with E-state index in [4.69, 9.17) is 9.84 Å². The Bertz CT molecular complexity index is 563. The fraction of sp³-hybridized carbons (Fsp3) is 0.200. The van der Waals surface area contributed by atoms with Gasteiger partial charge in [0, 0.05) is 12.4 Å². The van der Waals surface area contributed by atoms with Crippen molar-refractivity contribution < 1.29 is 19.4 Å². The molecule has 0 fully saturated rings. The van der Waals surface area contributed by atoms with E-state index >= 15 is 0 Å². The van der Waals surface area contributed by atoms with Gasteiger partial charge in [0.1, 0.15) is 12.6 Å². The van der Waals surface area contributed by atoms with Crippen molar-refractivity contribution in [3.63, 3.8) is 0 Å². The molecule has 0 aliphatic rings. The number of esters is 1. The van der Waals surface area contributed by atoms with E-state index in [2.05, 4.69) is 0 Å². The summed E-state index contributed by atoms with van der Waals surface area (Å²) in [4.78, 5) is 22.9. The number of carbonyl (C=O) groups is 2. The van der Waals surface area contributed by atoms with E-state index in [1.165, 1.54) is 4.57 Å². The summed E-state index contributed by atoms with van der Waals surface area (Å²) >= 11 is 0. The molecular weight excluding hydrogens is 258 g/mol. The Hall–Kier alpha value is -2.56. The lowest BCUT2D eigenvalue weighted by atomic mass is 10.2. The summed E-state index contributed by atoms with van der Waals surface area (Å²) in [6.45, 7) is 0.150. The van der Waals surface area contributed by atoms with Crippen molar-refractivity contribution in [3.8, 4) is 0 Å². The van der Waals surface area contributed by atoms with Crippen LogP contribution in [0.4, 0.5) is 0 Å². The van der Waals surface area contributed by atoms with Gasteiger partial charge in [0.25, 0.3) is 0 Å². The van der Waals surface area contributed by atoms with E-state index in [1.807, 2.05) is 30.3 Å². The molecule has 0 saturated carbocycles. The number of rotatable bonds is 6. The maximum Gasteiger partial charge on any atom is 0.327 e. The molecule has 104 valence electrons. The first-order valence-electron chi connectivity index (χ1n) is 6.21. The van der Waals surface area contributed by atoms with Crippen LogP contribution in [0.15, 0.2) is 54.9 Å². The van der Waals surface area contributed by atoms with Crippen LogP contribution in [0.1, 0.15) is 18.0 Å². The van der Waals surface area contributed by atoms with Crippen LogP contribution in [-0.4, -0.2) is 21.6 Å². The highest BCUT2D eigenvalue weighted by molar-refractivity contribution is 5.80. The maximum absolute atomic E-state index is 11.7. The minimum Gasteiger partial charge on any atom is -0.480 e. The second kappa shape index (κ2) is 6.56. The summed E-state index contributed by atoms with van der Waals surface area (Å²) < 4.78 is 6.57. The molecule has 1 N–H and O–H groups in total. The van der Waals surface area contributed by atoms with Crippen LogP contribution in [0, 0.1) is 0 Å². The van der Waals surface area contributed by atoms with Crippen molar-refractivity contribution in [2.45, 2.75) is 19.1 Å². The molecule has 0 amide bonds. The molecular formula is C15H15NO4. The lowest BCUT2D eigenvalue weighted by molar-refractivity contribution is -0.151. The highest BCUT2D eigenvalue weighted by Gasteiger charge is 2.23. The first-order valence-corrected chi connectivity index (χ1v) is 6.21. The van der Waals surface area contributed by atoms with Gasteiger partial charge in [0.15, 0.2) is 0 Å². The first kappa shape index (κ1) is 13.9. The van der Waals surface area contributed by atoms with Gasteiger partial charge in [0.05, 0.1) is 6.42 Å². The standard InChI is InChI=1S/C15H15NO4/c17-14(20-11-12-6-2-1-3-7-12)10-13(15(18)19)16-8-4-5-9-16/h1-9,13H,10-11H2,(H,18,19). The Morgan fingerprint density at radius 3 is 2.35 bits per heavy atom. The van der Waals surface area contributed by atoms with E-state index in [0.717, 1.165) is 5.56 Å². The van der Waals surface area contributed by atoms with E-state index < -0.39 is 18.0 Å². The summed E-state index contributed by atoms with van der Waals surface area (Å²) in [6.07, 6.45) is 3.03. The lowest BCUT2D eigenvalue weighted by Gasteiger charge is -2.13. The van der Waals surface area contributed by atoms with Crippen LogP contribution in [-0.2, 0) is 20.9 Å². The summed E-state index contributed by atoms with van der Waals surface area (Å²) in [6, 6.07) is 11.7. The van der Waals surface area contributed by atoms with Gasteiger partial charge in [-0.3, -0.25) is 4.79 Å². The van der Waals surface area contributed by atoms with Crippen LogP contribution < -0.4 is 0 Å². The molecule has 0 aliphatic heterocycles. The number of benzene rings is 1. The molecule has 0 bridgehead atoms. The monoisotopic (exact) mass is 273 g/mol. The fourth-order valence-electron chi connectivity index (χ4n) is 1.83. The Labute approximate surface area is 116 Å². The van der Waals surface area contributed by atoms with E-state index in [0.29, 0.717) is 0 Å². The predicted octanol–water partition coefficient (Wildman–Crippen LogP) is 2.25. The van der Waals surface area contributed by atoms with Crippen LogP contribution in [0.5, 0.6) is 0 Å². The van der Waals surface area contributed by atoms with Gasteiger partial charge >= 0.3 is 11.9 Å². The minimum atomic E-state index is -1.06. The molecule has 20 heavy (non-hydrogen) atoms. The highest BCUT2D eigenvalue weighted by atomic mass is 16.5. The molecule has 2 aromatic rings. The number of carbonyl (C=O) groups excluding carboxylic acids is 1. The van der Waals surface area contributed by atoms with Crippen LogP contribution in [0.25, 0.3) is 0 Å². The Morgan fingerprint density at radius 1 is 1.10 bits per heavy atom. The predicted molar refractivity (Wildman–Crippen MR) is 72.0 cm³/mol. The molecule has 0 aliphatic carbocycles. The number of nitrogens with zero attached hydrogens (tertiary/aromatic N) is 1. The number of carboxylic acids is 1. The molecule has 0 saturated heterocycles. The average molecular weight is 273 g/mol. The lowest BCUT2D eigenvalue weighted by Crippen LogP contribution is -2.22. The maximum atomic E-state index is 11.7. The van der Waals surface area contributed by atoms with Crippen molar-refractivity contribution in [2.75, 3.05) is 0 Å². The van der Waals surface area contributed by atoms with Gasteiger partial charge in [-0.15, -0.1) is 0 Å². The number of hydrogen-bond donors (Lipinski definition) is 1. The first-order chi connectivity index (χ1) is 9.66. The van der Waals surface area contributed by atoms with Gasteiger partial charge in [0.2, 0.25) is 0 Å². The van der Waals surface area contributed by atoms with Gasteiger partial charge < -0.3 is 14.4 Å². The fourth-order valence-corrected chi connectivity index (χ4v) is 1.83. The molecule has 1 aromatic carbocycles. The minimum absolute atomic E-state index is 0.150. The molecule has 1 unspecified atom stereocenters. The van der Waals surface area contributed by atoms with Crippen LogP contribution in [0.3, 0.4) is 0 Å². The normalized spacial score (nSPS) is 11.8. The number of aromatic nitrogens is 1. The zero-order valence-corrected chi connectivity index (χ0v) is 10.8. The molecule has 0 radical (unpaired) electrons. The summed E-state index contributed by atoms with van der Waals surface area (Å²) in [5.74, 6) is -1.59. The smallest absolute Gasteiger partial charge is 0.327 e. The van der Waals surface area contributed by atoms with Crippen LogP contribution >= 0.6 is 0 Å². The van der Waals surface area contributed by atoms with Gasteiger partial charge in [-0.1, -0.05) is 30.3 Å². The quantitative estimate of drug-likeness (QED) is 0.820. The van der Waals surface area contributed by atoms with Gasteiger partial charge in [-0.05, 0) is 17.7 Å². The molecule has 1 heterocycles. The Kier molecular flexibility index (Phi) is 4.55. The second-order valence-corrected chi connectivity index (χ2v) is 4.33.